The number of fused-ring (bicyclic) bond motifs is 4. The maximum atomic E-state index is 12.7. The van der Waals surface area contributed by atoms with Crippen molar-refractivity contribution < 1.29 is 9.53 Å². The number of carbonyl (C=O) groups excluding carboxylic acids is 1. The highest BCUT2D eigenvalue weighted by Crippen LogP contribution is 2.45. The number of hydrogen-bond acceptors (Lipinski definition) is 6. The highest BCUT2D eigenvalue weighted by Gasteiger charge is 2.45. The molecule has 4 aromatic heterocycles. The molecule has 2 aliphatic heterocycles. The first-order valence-corrected chi connectivity index (χ1v) is 13.3. The van der Waals surface area contributed by atoms with Crippen LogP contribution in [0.25, 0.3) is 38.9 Å². The molecule has 38 heavy (non-hydrogen) atoms. The van der Waals surface area contributed by atoms with Crippen LogP contribution in [0.3, 0.4) is 0 Å². The lowest BCUT2D eigenvalue weighted by Crippen LogP contribution is -2.46. The van der Waals surface area contributed by atoms with Crippen molar-refractivity contribution in [1.29, 1.82) is 0 Å². The number of piperidine rings is 1. The van der Waals surface area contributed by atoms with Gasteiger partial charge in [0.05, 0.1) is 29.6 Å². The maximum absolute atomic E-state index is 12.7. The predicted octanol–water partition coefficient (Wildman–Crippen LogP) is 5.51. The van der Waals surface area contributed by atoms with Gasteiger partial charge in [-0.2, -0.15) is 10.2 Å². The Morgan fingerprint density at radius 1 is 1.11 bits per heavy atom. The summed E-state index contributed by atoms with van der Waals surface area (Å²) < 4.78 is 7.45. The van der Waals surface area contributed by atoms with E-state index in [2.05, 4.69) is 32.7 Å². The minimum atomic E-state index is -0.176. The Balaban J connectivity index is 1.41. The number of hydrogen-bond donors (Lipinski definition) is 1. The van der Waals surface area contributed by atoms with Crippen molar-refractivity contribution in [3.8, 4) is 22.4 Å². The quantitative estimate of drug-likeness (QED) is 0.344. The minimum absolute atomic E-state index is 0.176. The molecule has 0 radical (unpaired) electrons. The third kappa shape index (κ3) is 3.48. The molecule has 192 valence electrons. The molecule has 0 aliphatic carbocycles. The molecule has 0 saturated carbocycles. The van der Waals surface area contributed by atoms with Crippen molar-refractivity contribution in [3.63, 3.8) is 0 Å². The zero-order valence-corrected chi connectivity index (χ0v) is 21.5. The van der Waals surface area contributed by atoms with E-state index in [1.54, 1.807) is 12.4 Å². The minimum Gasteiger partial charge on any atom is -0.450 e. The molecule has 0 spiro atoms. The third-order valence-corrected chi connectivity index (χ3v) is 8.18. The molecule has 2 aliphatic rings. The predicted molar refractivity (Wildman–Crippen MR) is 144 cm³/mol. The number of aromatic amines is 1. The zero-order chi connectivity index (χ0) is 25.8. The Kier molecular flexibility index (Phi) is 5.38. The zero-order valence-electron chi connectivity index (χ0n) is 21.5. The van der Waals surface area contributed by atoms with Crippen molar-refractivity contribution in [1.82, 2.24) is 34.7 Å². The Morgan fingerprint density at radius 2 is 1.89 bits per heavy atom. The standard InChI is InChI=1S/C29H29N7O2/c1-3-38-29(37)35-20-7-8-21(35)14-19(13-20)27-17(2)15-31-28-25(22-5-4-6-24-23(22)16-32-33-24)26(34-36(27)28)18-9-11-30-12-10-18/h4-6,9-12,15-16,19-21H,3,7-8,13-14H2,1-2H3,(H,32,33). The molecule has 7 rings (SSSR count). The number of aromatic nitrogens is 6. The Bertz CT molecular complexity index is 1640. The van der Waals surface area contributed by atoms with E-state index in [0.29, 0.717) is 6.61 Å². The van der Waals surface area contributed by atoms with E-state index >= 15 is 0 Å². The second-order valence-corrected chi connectivity index (χ2v) is 10.3. The van der Waals surface area contributed by atoms with Crippen molar-refractivity contribution in [2.75, 3.05) is 6.61 Å². The van der Waals surface area contributed by atoms with Gasteiger partial charge in [-0.15, -0.1) is 0 Å². The number of nitrogens with zero attached hydrogens (tertiary/aromatic N) is 6. The van der Waals surface area contributed by atoms with Crippen molar-refractivity contribution >= 4 is 22.6 Å². The lowest BCUT2D eigenvalue weighted by Gasteiger charge is -2.38. The van der Waals surface area contributed by atoms with Gasteiger partial charge in [-0.25, -0.2) is 14.3 Å². The Morgan fingerprint density at radius 3 is 2.66 bits per heavy atom. The van der Waals surface area contributed by atoms with Crippen LogP contribution in [0.5, 0.6) is 0 Å². The van der Waals surface area contributed by atoms with E-state index in [1.807, 2.05) is 48.5 Å². The van der Waals surface area contributed by atoms with E-state index in [4.69, 9.17) is 14.8 Å². The van der Waals surface area contributed by atoms with Crippen LogP contribution in [0, 0.1) is 6.92 Å². The van der Waals surface area contributed by atoms with Gasteiger partial charge in [0.15, 0.2) is 5.65 Å². The fourth-order valence-electron chi connectivity index (χ4n) is 6.62. The highest BCUT2D eigenvalue weighted by atomic mass is 16.6. The summed E-state index contributed by atoms with van der Waals surface area (Å²) in [6, 6.07) is 10.5. The van der Waals surface area contributed by atoms with Crippen LogP contribution in [0.2, 0.25) is 0 Å². The molecule has 1 N–H and O–H groups in total. The molecule has 9 heteroatoms. The van der Waals surface area contributed by atoms with Crippen LogP contribution in [-0.4, -0.2) is 59.5 Å². The monoisotopic (exact) mass is 507 g/mol. The molecule has 5 aromatic rings. The van der Waals surface area contributed by atoms with Gasteiger partial charge >= 0.3 is 6.09 Å². The smallest absolute Gasteiger partial charge is 0.410 e. The van der Waals surface area contributed by atoms with Crippen molar-refractivity contribution in [3.05, 3.63) is 66.4 Å². The first-order chi connectivity index (χ1) is 18.6. The summed E-state index contributed by atoms with van der Waals surface area (Å²) in [5.74, 6) is 0.270. The average molecular weight is 508 g/mol. The largest absolute Gasteiger partial charge is 0.450 e. The number of H-pyrrole nitrogens is 1. The van der Waals surface area contributed by atoms with Crippen molar-refractivity contribution in [2.45, 2.75) is 57.5 Å². The second kappa shape index (κ2) is 8.93. The molecular weight excluding hydrogens is 478 g/mol. The fraction of sp³-hybridized carbons (Fsp3) is 0.345. The number of ether oxygens (including phenoxy) is 1. The molecular formula is C29H29N7O2. The molecule has 2 saturated heterocycles. The second-order valence-electron chi connectivity index (χ2n) is 10.3. The summed E-state index contributed by atoms with van der Waals surface area (Å²) in [4.78, 5) is 23.8. The van der Waals surface area contributed by atoms with Gasteiger partial charge in [0.25, 0.3) is 0 Å². The SMILES string of the molecule is CCOC(=O)N1C2CCC1CC(c1c(C)cnc3c(-c4cccc5[nH]ncc45)c(-c4ccncc4)nn13)C2. The summed E-state index contributed by atoms with van der Waals surface area (Å²) in [6.45, 7) is 4.38. The molecule has 1 aromatic carbocycles. The number of pyridine rings is 1. The number of carbonyl (C=O) groups is 1. The van der Waals surface area contributed by atoms with Crippen LogP contribution in [0.4, 0.5) is 4.79 Å². The molecule has 9 nitrogen and oxygen atoms in total. The van der Waals surface area contributed by atoms with Gasteiger partial charge in [-0.05, 0) is 68.9 Å². The molecule has 2 bridgehead atoms. The normalized spacial score (nSPS) is 20.9. The molecule has 1 amide bonds. The molecule has 6 heterocycles. The highest BCUT2D eigenvalue weighted by molar-refractivity contribution is 6.02. The number of benzene rings is 1. The first kappa shape index (κ1) is 22.9. The van der Waals surface area contributed by atoms with E-state index in [9.17, 15) is 4.79 Å². The van der Waals surface area contributed by atoms with E-state index in [-0.39, 0.29) is 24.1 Å². The van der Waals surface area contributed by atoms with Gasteiger partial charge in [0.1, 0.15) is 5.69 Å². The van der Waals surface area contributed by atoms with Crippen LogP contribution < -0.4 is 0 Å². The van der Waals surface area contributed by atoms with Gasteiger partial charge in [-0.3, -0.25) is 10.1 Å². The van der Waals surface area contributed by atoms with Gasteiger partial charge in [0.2, 0.25) is 0 Å². The molecule has 2 unspecified atom stereocenters. The number of nitrogens with one attached hydrogen (secondary N) is 1. The van der Waals surface area contributed by atoms with Gasteiger partial charge < -0.3 is 9.64 Å². The lowest BCUT2D eigenvalue weighted by molar-refractivity contribution is 0.0684. The average Bonchev–Trinajstić information content (AvgIpc) is 3.63. The van der Waals surface area contributed by atoms with Crippen LogP contribution in [-0.2, 0) is 4.74 Å². The molecule has 2 atom stereocenters. The summed E-state index contributed by atoms with van der Waals surface area (Å²) >= 11 is 0. The summed E-state index contributed by atoms with van der Waals surface area (Å²) in [7, 11) is 0. The Hall–Kier alpha value is -4.27. The number of amides is 1. The van der Waals surface area contributed by atoms with Gasteiger partial charge in [-0.1, -0.05) is 12.1 Å². The van der Waals surface area contributed by atoms with E-state index in [1.165, 1.54) is 5.69 Å². The van der Waals surface area contributed by atoms with Crippen molar-refractivity contribution in [2.24, 2.45) is 0 Å². The maximum Gasteiger partial charge on any atom is 0.410 e. The van der Waals surface area contributed by atoms with Crippen LogP contribution in [0.15, 0.2) is 55.1 Å². The summed E-state index contributed by atoms with van der Waals surface area (Å²) in [5, 5.41) is 13.6. The summed E-state index contributed by atoms with van der Waals surface area (Å²) in [6.07, 6.45) is 11.1. The molecule has 2 fully saturated rings. The van der Waals surface area contributed by atoms with Crippen LogP contribution >= 0.6 is 0 Å². The first-order valence-electron chi connectivity index (χ1n) is 13.3. The summed E-state index contributed by atoms with van der Waals surface area (Å²) in [5.41, 5.74) is 7.96. The topological polar surface area (TPSA) is 101 Å². The number of aryl methyl sites for hydroxylation is 1. The third-order valence-electron chi connectivity index (χ3n) is 8.18. The van der Waals surface area contributed by atoms with Gasteiger partial charge in [0, 0.05) is 47.5 Å². The van der Waals surface area contributed by atoms with E-state index in [0.717, 1.165) is 70.2 Å². The van der Waals surface area contributed by atoms with Crippen LogP contribution in [0.1, 0.15) is 49.8 Å². The fourth-order valence-corrected chi connectivity index (χ4v) is 6.62. The lowest BCUT2D eigenvalue weighted by atomic mass is 9.86. The van der Waals surface area contributed by atoms with E-state index < -0.39 is 0 Å². The Labute approximate surface area is 219 Å². The number of rotatable bonds is 4.